The number of nitrogens with one attached hydrogen (secondary N) is 1. The van der Waals surface area contributed by atoms with Crippen LogP contribution in [0.15, 0.2) is 0 Å². The lowest BCUT2D eigenvalue weighted by Gasteiger charge is -2.37. The molecule has 2 heteroatoms. The summed E-state index contributed by atoms with van der Waals surface area (Å²) >= 11 is 4.19. The van der Waals surface area contributed by atoms with Gasteiger partial charge in [0.25, 0.3) is 0 Å². The predicted octanol–water partition coefficient (Wildman–Crippen LogP) is 0.526. The number of thiol groups is 1. The second kappa shape index (κ2) is 1.67. The molecule has 0 saturated carbocycles. The van der Waals surface area contributed by atoms with E-state index in [1.165, 1.54) is 0 Å². The molecular formula is C5H11NS. The van der Waals surface area contributed by atoms with Gasteiger partial charge in [-0.05, 0) is 5.75 Å². The van der Waals surface area contributed by atoms with Crippen molar-refractivity contribution in [2.24, 2.45) is 5.41 Å². The fourth-order valence-electron chi connectivity index (χ4n) is 0.664. The molecule has 0 atom stereocenters. The van der Waals surface area contributed by atoms with Crippen LogP contribution in [-0.2, 0) is 0 Å². The topological polar surface area (TPSA) is 12.0 Å². The van der Waals surface area contributed by atoms with Gasteiger partial charge in [-0.25, -0.2) is 0 Å². The van der Waals surface area contributed by atoms with Crippen LogP contribution in [0.2, 0.25) is 0 Å². The molecule has 1 rings (SSSR count). The van der Waals surface area contributed by atoms with Gasteiger partial charge in [0.05, 0.1) is 0 Å². The maximum absolute atomic E-state index is 4.19. The quantitative estimate of drug-likeness (QED) is 0.477. The van der Waals surface area contributed by atoms with E-state index in [1.54, 1.807) is 0 Å². The van der Waals surface area contributed by atoms with Crippen molar-refractivity contribution in [3.8, 4) is 0 Å². The van der Waals surface area contributed by atoms with E-state index in [1.807, 2.05) is 0 Å². The van der Waals surface area contributed by atoms with Gasteiger partial charge >= 0.3 is 0 Å². The molecule has 1 nitrogen and oxygen atoms in total. The first-order chi connectivity index (χ1) is 3.27. The molecular weight excluding hydrogens is 106 g/mol. The van der Waals surface area contributed by atoms with Gasteiger partial charge in [-0.15, -0.1) is 0 Å². The highest BCUT2D eigenvalue weighted by atomic mass is 32.1. The molecule has 0 spiro atoms. The van der Waals surface area contributed by atoms with Gasteiger partial charge in [-0.2, -0.15) is 12.6 Å². The van der Waals surface area contributed by atoms with E-state index < -0.39 is 0 Å². The van der Waals surface area contributed by atoms with Crippen molar-refractivity contribution in [3.63, 3.8) is 0 Å². The maximum atomic E-state index is 4.19. The standard InChI is InChI=1S/C5H11NS/c1-5(4-7)2-6-3-5/h6-7H,2-4H2,1H3. The average molecular weight is 117 g/mol. The zero-order valence-electron chi connectivity index (χ0n) is 4.57. The first-order valence-corrected chi connectivity index (χ1v) is 3.22. The minimum Gasteiger partial charge on any atom is -0.315 e. The molecule has 1 fully saturated rings. The van der Waals surface area contributed by atoms with Gasteiger partial charge in [0.15, 0.2) is 0 Å². The Labute approximate surface area is 49.9 Å². The summed E-state index contributed by atoms with van der Waals surface area (Å²) in [5, 5.41) is 3.20. The van der Waals surface area contributed by atoms with Crippen LogP contribution in [0.5, 0.6) is 0 Å². The summed E-state index contributed by atoms with van der Waals surface area (Å²) in [7, 11) is 0. The molecule has 0 bridgehead atoms. The van der Waals surface area contributed by atoms with E-state index in [0.29, 0.717) is 5.41 Å². The van der Waals surface area contributed by atoms with Crippen molar-refractivity contribution in [1.82, 2.24) is 5.32 Å². The molecule has 0 amide bonds. The summed E-state index contributed by atoms with van der Waals surface area (Å²) in [5.41, 5.74) is 0.517. The Kier molecular flexibility index (Phi) is 1.30. The Morgan fingerprint density at radius 3 is 2.29 bits per heavy atom. The van der Waals surface area contributed by atoms with Crippen molar-refractivity contribution in [2.75, 3.05) is 18.8 Å². The van der Waals surface area contributed by atoms with Crippen molar-refractivity contribution < 1.29 is 0 Å². The Morgan fingerprint density at radius 1 is 1.71 bits per heavy atom. The van der Waals surface area contributed by atoms with Gasteiger partial charge in [0.1, 0.15) is 0 Å². The number of hydrogen-bond acceptors (Lipinski definition) is 2. The molecule has 1 N–H and O–H groups in total. The first-order valence-electron chi connectivity index (χ1n) is 2.58. The summed E-state index contributed by atoms with van der Waals surface area (Å²) < 4.78 is 0. The minimum atomic E-state index is 0.517. The highest BCUT2D eigenvalue weighted by Crippen LogP contribution is 2.21. The van der Waals surface area contributed by atoms with E-state index >= 15 is 0 Å². The predicted molar refractivity (Wildman–Crippen MR) is 34.8 cm³/mol. The van der Waals surface area contributed by atoms with Crippen LogP contribution >= 0.6 is 12.6 Å². The minimum absolute atomic E-state index is 0.517. The van der Waals surface area contributed by atoms with E-state index in [-0.39, 0.29) is 0 Å². The Balaban J connectivity index is 2.29. The Hall–Kier alpha value is 0.310. The van der Waals surface area contributed by atoms with Crippen LogP contribution in [0.1, 0.15) is 6.92 Å². The number of hydrogen-bond donors (Lipinski definition) is 2. The van der Waals surface area contributed by atoms with Crippen LogP contribution in [0.25, 0.3) is 0 Å². The van der Waals surface area contributed by atoms with Crippen LogP contribution in [-0.4, -0.2) is 18.8 Å². The monoisotopic (exact) mass is 117 g/mol. The summed E-state index contributed by atoms with van der Waals surface area (Å²) in [6.07, 6.45) is 0. The Morgan fingerprint density at radius 2 is 2.29 bits per heavy atom. The molecule has 7 heavy (non-hydrogen) atoms. The van der Waals surface area contributed by atoms with Crippen LogP contribution in [0, 0.1) is 5.41 Å². The molecule has 0 aliphatic carbocycles. The summed E-state index contributed by atoms with van der Waals surface area (Å²) in [6.45, 7) is 4.55. The van der Waals surface area contributed by atoms with Crippen LogP contribution < -0.4 is 5.32 Å². The third-order valence-electron chi connectivity index (χ3n) is 1.49. The molecule has 42 valence electrons. The lowest BCUT2D eigenvalue weighted by molar-refractivity contribution is 0.233. The summed E-state index contributed by atoms with van der Waals surface area (Å²) in [4.78, 5) is 0. The average Bonchev–Trinajstić information content (AvgIpc) is 1.61. The highest BCUT2D eigenvalue weighted by Gasteiger charge is 2.29. The van der Waals surface area contributed by atoms with Crippen molar-refractivity contribution in [1.29, 1.82) is 0 Å². The normalized spacial score (nSPS) is 26.6. The fraction of sp³-hybridized carbons (Fsp3) is 1.00. The molecule has 1 aliphatic heterocycles. The Bertz CT molecular complexity index is 63.0. The van der Waals surface area contributed by atoms with Gasteiger partial charge < -0.3 is 5.32 Å². The molecule has 1 heterocycles. The lowest BCUT2D eigenvalue weighted by atomic mass is 9.87. The van der Waals surface area contributed by atoms with E-state index in [2.05, 4.69) is 24.9 Å². The summed E-state index contributed by atoms with van der Waals surface area (Å²) in [5.74, 6) is 1.01. The smallest absolute Gasteiger partial charge is 0.00254 e. The molecule has 1 aliphatic rings. The number of rotatable bonds is 1. The second-order valence-corrected chi connectivity index (χ2v) is 2.89. The van der Waals surface area contributed by atoms with Gasteiger partial charge in [-0.3, -0.25) is 0 Å². The van der Waals surface area contributed by atoms with Crippen molar-refractivity contribution in [3.05, 3.63) is 0 Å². The van der Waals surface area contributed by atoms with Crippen LogP contribution in [0.4, 0.5) is 0 Å². The third kappa shape index (κ3) is 0.916. The maximum Gasteiger partial charge on any atom is 0.00254 e. The fourth-order valence-corrected chi connectivity index (χ4v) is 0.887. The van der Waals surface area contributed by atoms with Gasteiger partial charge in [-0.1, -0.05) is 6.92 Å². The molecule has 1 saturated heterocycles. The SMILES string of the molecule is CC1(CS)CNC1. The van der Waals surface area contributed by atoms with Crippen molar-refractivity contribution in [2.45, 2.75) is 6.92 Å². The van der Waals surface area contributed by atoms with E-state index in [0.717, 1.165) is 18.8 Å². The largest absolute Gasteiger partial charge is 0.315 e. The molecule has 0 radical (unpaired) electrons. The zero-order chi connectivity index (χ0) is 5.33. The van der Waals surface area contributed by atoms with E-state index in [4.69, 9.17) is 0 Å². The lowest BCUT2D eigenvalue weighted by Crippen LogP contribution is -2.52. The molecule has 0 unspecified atom stereocenters. The van der Waals surface area contributed by atoms with Crippen LogP contribution in [0.3, 0.4) is 0 Å². The summed E-state index contributed by atoms with van der Waals surface area (Å²) in [6, 6.07) is 0. The third-order valence-corrected chi connectivity index (χ3v) is 2.25. The van der Waals surface area contributed by atoms with Gasteiger partial charge in [0.2, 0.25) is 0 Å². The second-order valence-electron chi connectivity index (χ2n) is 2.57. The zero-order valence-corrected chi connectivity index (χ0v) is 5.46. The molecule has 0 aromatic carbocycles. The highest BCUT2D eigenvalue weighted by molar-refractivity contribution is 7.80. The molecule has 0 aromatic heterocycles. The van der Waals surface area contributed by atoms with Crippen molar-refractivity contribution >= 4 is 12.6 Å². The van der Waals surface area contributed by atoms with Gasteiger partial charge in [0, 0.05) is 18.5 Å². The molecule has 0 aromatic rings. The van der Waals surface area contributed by atoms with E-state index in [9.17, 15) is 0 Å². The first kappa shape index (κ1) is 5.45.